The number of carbonyl (C=O) groups is 5. The van der Waals surface area contributed by atoms with Gasteiger partial charge in [-0.15, -0.1) is 0 Å². The second kappa shape index (κ2) is 18.5. The van der Waals surface area contributed by atoms with Gasteiger partial charge in [0, 0.05) is 60.3 Å². The van der Waals surface area contributed by atoms with Gasteiger partial charge in [-0.05, 0) is 51.5 Å². The molecule has 1 rings (SSSR count). The lowest BCUT2D eigenvalue weighted by Crippen LogP contribution is -2.32. The van der Waals surface area contributed by atoms with Gasteiger partial charge in [0.25, 0.3) is 11.8 Å². The molecule has 0 aliphatic rings. The lowest BCUT2D eigenvalue weighted by molar-refractivity contribution is -0.124. The van der Waals surface area contributed by atoms with Crippen LogP contribution in [0.3, 0.4) is 0 Å². The Morgan fingerprint density at radius 2 is 1.10 bits per heavy atom. The molecule has 0 saturated heterocycles. The molecule has 1 aromatic carbocycles. The Balaban J connectivity index is 2.74. The van der Waals surface area contributed by atoms with Crippen molar-refractivity contribution in [1.29, 1.82) is 0 Å². The lowest BCUT2D eigenvalue weighted by atomic mass is 10.0. The Kier molecular flexibility index (Phi) is 16.3. The summed E-state index contributed by atoms with van der Waals surface area (Å²) in [6.07, 6.45) is 0. The van der Waals surface area contributed by atoms with Crippen molar-refractivity contribution in [2.24, 2.45) is 5.92 Å². The molecule has 0 saturated carbocycles. The van der Waals surface area contributed by atoms with E-state index in [1.165, 1.54) is 29.6 Å². The SMILES string of the molecule is CC(C)NC(=O)CSCCNC(=O)c1cc(CNC(=O)C(C)C)cc(C(=O)NCCSCC(=O)NC(C)C)c1. The lowest BCUT2D eigenvalue weighted by Gasteiger charge is -2.13. The van der Waals surface area contributed by atoms with Gasteiger partial charge in [-0.3, -0.25) is 24.0 Å². The zero-order valence-electron chi connectivity index (χ0n) is 23.8. The molecule has 0 fully saturated rings. The first kappa shape index (κ1) is 34.3. The normalized spacial score (nSPS) is 10.9. The highest BCUT2D eigenvalue weighted by Gasteiger charge is 2.15. The second-order valence-corrected chi connectivity index (χ2v) is 12.1. The quantitative estimate of drug-likeness (QED) is 0.177. The molecule has 39 heavy (non-hydrogen) atoms. The van der Waals surface area contributed by atoms with Crippen LogP contribution in [0.25, 0.3) is 0 Å². The van der Waals surface area contributed by atoms with E-state index in [9.17, 15) is 24.0 Å². The number of amides is 5. The van der Waals surface area contributed by atoms with Crippen molar-refractivity contribution >= 4 is 53.1 Å². The summed E-state index contributed by atoms with van der Waals surface area (Å²) in [7, 11) is 0. The van der Waals surface area contributed by atoms with Crippen molar-refractivity contribution in [3.05, 3.63) is 34.9 Å². The Morgan fingerprint density at radius 3 is 1.49 bits per heavy atom. The van der Waals surface area contributed by atoms with Crippen LogP contribution in [0, 0.1) is 5.92 Å². The largest absolute Gasteiger partial charge is 0.353 e. The molecular formula is C27H43N5O5S2. The van der Waals surface area contributed by atoms with Crippen molar-refractivity contribution in [2.45, 2.75) is 60.2 Å². The van der Waals surface area contributed by atoms with Crippen LogP contribution >= 0.6 is 23.5 Å². The molecule has 5 N–H and O–H groups in total. The van der Waals surface area contributed by atoms with Gasteiger partial charge in [0.1, 0.15) is 0 Å². The Labute approximate surface area is 240 Å². The van der Waals surface area contributed by atoms with Crippen LogP contribution in [-0.2, 0) is 20.9 Å². The third kappa shape index (κ3) is 15.4. The predicted molar refractivity (Wildman–Crippen MR) is 159 cm³/mol. The smallest absolute Gasteiger partial charge is 0.251 e. The molecule has 5 amide bonds. The van der Waals surface area contributed by atoms with Gasteiger partial charge in [-0.25, -0.2) is 0 Å². The summed E-state index contributed by atoms with van der Waals surface area (Å²) in [5, 5.41) is 14.1. The first-order chi connectivity index (χ1) is 18.4. The van der Waals surface area contributed by atoms with Gasteiger partial charge in [-0.1, -0.05) is 13.8 Å². The molecule has 0 aliphatic heterocycles. The molecule has 10 nitrogen and oxygen atoms in total. The van der Waals surface area contributed by atoms with Gasteiger partial charge >= 0.3 is 0 Å². The van der Waals surface area contributed by atoms with E-state index in [1.807, 2.05) is 27.7 Å². The Morgan fingerprint density at radius 1 is 0.667 bits per heavy atom. The maximum absolute atomic E-state index is 12.8. The van der Waals surface area contributed by atoms with E-state index < -0.39 is 0 Å². The number of carbonyl (C=O) groups excluding carboxylic acids is 5. The molecule has 0 bridgehead atoms. The van der Waals surface area contributed by atoms with Crippen LogP contribution in [0.1, 0.15) is 67.8 Å². The second-order valence-electron chi connectivity index (χ2n) is 9.85. The van der Waals surface area contributed by atoms with Crippen molar-refractivity contribution < 1.29 is 24.0 Å². The summed E-state index contributed by atoms with van der Waals surface area (Å²) < 4.78 is 0. The summed E-state index contributed by atoms with van der Waals surface area (Å²) in [5.74, 6) is 0.611. The average Bonchev–Trinajstić information content (AvgIpc) is 2.85. The highest BCUT2D eigenvalue weighted by atomic mass is 32.2. The molecule has 1 aromatic rings. The minimum Gasteiger partial charge on any atom is -0.353 e. The van der Waals surface area contributed by atoms with Crippen LogP contribution in [0.15, 0.2) is 18.2 Å². The standard InChI is InChI=1S/C27H43N5O5S2/c1-17(2)25(35)30-14-20-11-21(26(36)28-7-9-38-15-23(33)31-18(3)4)13-22(12-20)27(37)29-8-10-39-16-24(34)32-19(5)6/h11-13,17-19H,7-10,14-16H2,1-6H3,(H,28,36)(H,29,37)(H,30,35)(H,31,33)(H,32,34). The van der Waals surface area contributed by atoms with Crippen molar-refractivity contribution in [3.63, 3.8) is 0 Å². The topological polar surface area (TPSA) is 146 Å². The first-order valence-corrected chi connectivity index (χ1v) is 15.4. The maximum Gasteiger partial charge on any atom is 0.251 e. The van der Waals surface area contributed by atoms with Gasteiger partial charge in [0.05, 0.1) is 11.5 Å². The minimum atomic E-state index is -0.347. The van der Waals surface area contributed by atoms with E-state index in [0.29, 0.717) is 52.8 Å². The van der Waals surface area contributed by atoms with Gasteiger partial charge in [-0.2, -0.15) is 23.5 Å². The highest BCUT2D eigenvalue weighted by Crippen LogP contribution is 2.12. The van der Waals surface area contributed by atoms with Gasteiger partial charge in [0.15, 0.2) is 0 Å². The van der Waals surface area contributed by atoms with Crippen LogP contribution < -0.4 is 26.6 Å². The fourth-order valence-electron chi connectivity index (χ4n) is 3.18. The first-order valence-electron chi connectivity index (χ1n) is 13.1. The Bertz CT molecular complexity index is 923. The average molecular weight is 582 g/mol. The monoisotopic (exact) mass is 581 g/mol. The maximum atomic E-state index is 12.8. The van der Waals surface area contributed by atoms with Crippen molar-refractivity contribution in [3.8, 4) is 0 Å². The minimum absolute atomic E-state index is 0.0506. The molecule has 0 unspecified atom stereocenters. The summed E-state index contributed by atoms with van der Waals surface area (Å²) >= 11 is 2.84. The molecule has 0 heterocycles. The van der Waals surface area contributed by atoms with Gasteiger partial charge < -0.3 is 26.6 Å². The number of rotatable bonds is 17. The van der Waals surface area contributed by atoms with E-state index in [2.05, 4.69) is 26.6 Å². The number of benzene rings is 1. The van der Waals surface area contributed by atoms with Crippen LogP contribution in [0.4, 0.5) is 0 Å². The molecule has 0 radical (unpaired) electrons. The number of nitrogens with one attached hydrogen (secondary N) is 5. The van der Waals surface area contributed by atoms with Crippen LogP contribution in [0.5, 0.6) is 0 Å². The molecule has 12 heteroatoms. The van der Waals surface area contributed by atoms with E-state index in [-0.39, 0.29) is 54.1 Å². The predicted octanol–water partition coefficient (Wildman–Crippen LogP) is 1.93. The highest BCUT2D eigenvalue weighted by molar-refractivity contribution is 8.00. The number of hydrogen-bond donors (Lipinski definition) is 5. The molecule has 0 aliphatic carbocycles. The zero-order valence-corrected chi connectivity index (χ0v) is 25.4. The zero-order chi connectivity index (χ0) is 29.4. The fraction of sp³-hybridized carbons (Fsp3) is 0.593. The van der Waals surface area contributed by atoms with Crippen LogP contribution in [-0.4, -0.2) is 77.7 Å². The Hall–Kier alpha value is -2.73. The molecular weight excluding hydrogens is 538 g/mol. The van der Waals surface area contributed by atoms with E-state index in [0.717, 1.165) is 0 Å². The summed E-state index contributed by atoms with van der Waals surface area (Å²) in [6, 6.07) is 4.98. The van der Waals surface area contributed by atoms with Crippen molar-refractivity contribution in [2.75, 3.05) is 36.1 Å². The summed E-state index contributed by atoms with van der Waals surface area (Å²) in [5.41, 5.74) is 1.23. The fourth-order valence-corrected chi connectivity index (χ4v) is 4.50. The molecule has 0 spiro atoms. The number of thioether (sulfide) groups is 2. The molecule has 218 valence electrons. The van der Waals surface area contributed by atoms with Gasteiger partial charge in [0.2, 0.25) is 17.7 Å². The summed E-state index contributed by atoms with van der Waals surface area (Å²) in [4.78, 5) is 61.2. The molecule has 0 atom stereocenters. The van der Waals surface area contributed by atoms with E-state index in [4.69, 9.17) is 0 Å². The third-order valence-electron chi connectivity index (χ3n) is 4.94. The third-order valence-corrected chi connectivity index (χ3v) is 6.86. The number of hydrogen-bond acceptors (Lipinski definition) is 7. The summed E-state index contributed by atoms with van der Waals surface area (Å²) in [6.45, 7) is 12.0. The van der Waals surface area contributed by atoms with E-state index in [1.54, 1.807) is 26.0 Å². The molecule has 0 aromatic heterocycles. The van der Waals surface area contributed by atoms with Crippen LogP contribution in [0.2, 0.25) is 0 Å². The van der Waals surface area contributed by atoms with Crippen molar-refractivity contribution in [1.82, 2.24) is 26.6 Å². The van der Waals surface area contributed by atoms with E-state index >= 15 is 0 Å².